The molecular formula is C20H21Cl3N2O2S. The van der Waals surface area contributed by atoms with Gasteiger partial charge < -0.3 is 10.2 Å². The van der Waals surface area contributed by atoms with Crippen molar-refractivity contribution in [1.29, 1.82) is 0 Å². The molecule has 0 aliphatic heterocycles. The fourth-order valence-corrected chi connectivity index (χ4v) is 4.30. The number of halogens is 3. The zero-order valence-electron chi connectivity index (χ0n) is 15.5. The highest BCUT2D eigenvalue weighted by Gasteiger charge is 2.26. The number of hydrogen-bond acceptors (Lipinski definition) is 3. The summed E-state index contributed by atoms with van der Waals surface area (Å²) in [5.74, 6) is 0.367. The van der Waals surface area contributed by atoms with E-state index < -0.39 is 6.04 Å². The lowest BCUT2D eigenvalue weighted by atomic mass is 10.1. The van der Waals surface area contributed by atoms with Gasteiger partial charge in [-0.3, -0.25) is 9.59 Å². The highest BCUT2D eigenvalue weighted by molar-refractivity contribution is 7.99. The van der Waals surface area contributed by atoms with Crippen LogP contribution in [-0.2, 0) is 21.9 Å². The molecule has 0 aliphatic carbocycles. The summed E-state index contributed by atoms with van der Waals surface area (Å²) >= 11 is 20.1. The Hall–Kier alpha value is -1.40. The average Bonchev–Trinajstić information content (AvgIpc) is 2.68. The maximum Gasteiger partial charge on any atom is 0.242 e. The van der Waals surface area contributed by atoms with Crippen LogP contribution in [-0.4, -0.2) is 35.6 Å². The van der Waals surface area contributed by atoms with E-state index in [0.29, 0.717) is 26.4 Å². The van der Waals surface area contributed by atoms with E-state index in [0.717, 1.165) is 5.56 Å². The van der Waals surface area contributed by atoms with Crippen molar-refractivity contribution in [2.24, 2.45) is 0 Å². The van der Waals surface area contributed by atoms with Crippen molar-refractivity contribution in [3.8, 4) is 0 Å². The molecular weight excluding hydrogens is 439 g/mol. The zero-order valence-corrected chi connectivity index (χ0v) is 18.6. The van der Waals surface area contributed by atoms with Crippen LogP contribution in [0, 0.1) is 0 Å². The van der Waals surface area contributed by atoms with E-state index in [4.69, 9.17) is 34.8 Å². The SMILES string of the molecule is CNC(=O)[C@@H](C)N(Cc1c(Cl)cccc1Cl)C(=O)CSCc1ccccc1Cl. The first kappa shape index (κ1) is 22.9. The number of carbonyl (C=O) groups is 2. The second-order valence-electron chi connectivity index (χ2n) is 6.10. The van der Waals surface area contributed by atoms with E-state index in [1.165, 1.54) is 23.7 Å². The van der Waals surface area contributed by atoms with Gasteiger partial charge in [-0.25, -0.2) is 0 Å². The number of thioether (sulfide) groups is 1. The molecule has 0 aliphatic rings. The average molecular weight is 460 g/mol. The Bertz CT molecular complexity index is 828. The Labute approximate surface area is 184 Å². The molecule has 0 fully saturated rings. The van der Waals surface area contributed by atoms with Gasteiger partial charge in [-0.05, 0) is 30.7 Å². The van der Waals surface area contributed by atoms with E-state index in [-0.39, 0.29) is 24.1 Å². The summed E-state index contributed by atoms with van der Waals surface area (Å²) in [6.07, 6.45) is 0. The maximum atomic E-state index is 12.9. The van der Waals surface area contributed by atoms with Crippen LogP contribution in [0.2, 0.25) is 15.1 Å². The van der Waals surface area contributed by atoms with Gasteiger partial charge in [0.1, 0.15) is 6.04 Å². The van der Waals surface area contributed by atoms with Gasteiger partial charge in [0.05, 0.1) is 5.75 Å². The summed E-state index contributed by atoms with van der Waals surface area (Å²) in [6, 6.07) is 12.0. The van der Waals surface area contributed by atoms with Crippen molar-refractivity contribution >= 4 is 58.4 Å². The highest BCUT2D eigenvalue weighted by Crippen LogP contribution is 2.27. The third-order valence-electron chi connectivity index (χ3n) is 4.24. The van der Waals surface area contributed by atoms with Gasteiger partial charge in [-0.15, -0.1) is 11.8 Å². The molecule has 4 nitrogen and oxygen atoms in total. The highest BCUT2D eigenvalue weighted by atomic mass is 35.5. The van der Waals surface area contributed by atoms with Crippen LogP contribution in [0.15, 0.2) is 42.5 Å². The van der Waals surface area contributed by atoms with Gasteiger partial charge in [-0.2, -0.15) is 0 Å². The summed E-state index contributed by atoms with van der Waals surface area (Å²) in [5.41, 5.74) is 1.58. The van der Waals surface area contributed by atoms with E-state index in [2.05, 4.69) is 5.32 Å². The first-order chi connectivity index (χ1) is 13.3. The van der Waals surface area contributed by atoms with Crippen molar-refractivity contribution in [1.82, 2.24) is 10.2 Å². The molecule has 2 aromatic carbocycles. The van der Waals surface area contributed by atoms with Gasteiger partial charge >= 0.3 is 0 Å². The summed E-state index contributed by atoms with van der Waals surface area (Å²) in [5, 5.41) is 4.16. The first-order valence-electron chi connectivity index (χ1n) is 8.60. The van der Waals surface area contributed by atoms with Gasteiger partial charge in [0.15, 0.2) is 0 Å². The lowest BCUT2D eigenvalue weighted by Gasteiger charge is -2.29. The number of benzene rings is 2. The molecule has 8 heteroatoms. The lowest BCUT2D eigenvalue weighted by Crippen LogP contribution is -2.47. The summed E-state index contributed by atoms with van der Waals surface area (Å²) < 4.78 is 0. The molecule has 0 aromatic heterocycles. The lowest BCUT2D eigenvalue weighted by molar-refractivity contribution is -0.138. The van der Waals surface area contributed by atoms with Crippen molar-refractivity contribution < 1.29 is 9.59 Å². The minimum Gasteiger partial charge on any atom is -0.357 e. The summed E-state index contributed by atoms with van der Waals surface area (Å²) in [6.45, 7) is 1.83. The van der Waals surface area contributed by atoms with Crippen molar-refractivity contribution in [3.63, 3.8) is 0 Å². The zero-order chi connectivity index (χ0) is 20.7. The first-order valence-corrected chi connectivity index (χ1v) is 10.9. The van der Waals surface area contributed by atoms with Gasteiger partial charge in [0.2, 0.25) is 11.8 Å². The Balaban J connectivity index is 2.13. The van der Waals surface area contributed by atoms with Crippen LogP contribution in [0.25, 0.3) is 0 Å². The van der Waals surface area contributed by atoms with Crippen LogP contribution in [0.5, 0.6) is 0 Å². The molecule has 28 heavy (non-hydrogen) atoms. The Morgan fingerprint density at radius 3 is 2.25 bits per heavy atom. The molecule has 1 N–H and O–H groups in total. The van der Waals surface area contributed by atoms with E-state index in [1.807, 2.05) is 24.3 Å². The monoisotopic (exact) mass is 458 g/mol. The molecule has 150 valence electrons. The predicted molar refractivity (Wildman–Crippen MR) is 118 cm³/mol. The summed E-state index contributed by atoms with van der Waals surface area (Å²) in [4.78, 5) is 26.6. The number of hydrogen-bond donors (Lipinski definition) is 1. The van der Waals surface area contributed by atoms with E-state index >= 15 is 0 Å². The third-order valence-corrected chi connectivity index (χ3v) is 6.29. The van der Waals surface area contributed by atoms with Crippen LogP contribution in [0.4, 0.5) is 0 Å². The molecule has 2 amide bonds. The number of likely N-dealkylation sites (N-methyl/N-ethyl adjacent to an activating group) is 1. The molecule has 0 saturated heterocycles. The second kappa shape index (κ2) is 11.0. The second-order valence-corrected chi connectivity index (χ2v) is 8.30. The molecule has 0 radical (unpaired) electrons. The molecule has 2 rings (SSSR count). The van der Waals surface area contributed by atoms with Gasteiger partial charge in [0, 0.05) is 40.0 Å². The smallest absolute Gasteiger partial charge is 0.242 e. The Kier molecular flexibility index (Phi) is 8.96. The molecule has 0 unspecified atom stereocenters. The fourth-order valence-electron chi connectivity index (χ4n) is 2.59. The summed E-state index contributed by atoms with van der Waals surface area (Å²) in [7, 11) is 1.54. The Morgan fingerprint density at radius 1 is 1.04 bits per heavy atom. The topological polar surface area (TPSA) is 49.4 Å². The number of amides is 2. The number of nitrogens with zero attached hydrogens (tertiary/aromatic N) is 1. The molecule has 0 spiro atoms. The standard InChI is InChI=1S/C20H21Cl3N2O2S/c1-13(20(27)24-2)25(10-15-17(22)8-5-9-18(15)23)19(26)12-28-11-14-6-3-4-7-16(14)21/h3-9,13H,10-12H2,1-2H3,(H,24,27)/t13-/m1/s1. The largest absolute Gasteiger partial charge is 0.357 e. The van der Waals surface area contributed by atoms with Crippen LogP contribution >= 0.6 is 46.6 Å². The van der Waals surface area contributed by atoms with Crippen LogP contribution in [0.3, 0.4) is 0 Å². The van der Waals surface area contributed by atoms with Gasteiger partial charge in [-0.1, -0.05) is 59.1 Å². The molecule has 0 saturated carbocycles. The molecule has 0 heterocycles. The minimum atomic E-state index is -0.661. The van der Waals surface area contributed by atoms with Crippen molar-refractivity contribution in [2.75, 3.05) is 12.8 Å². The van der Waals surface area contributed by atoms with Crippen LogP contribution < -0.4 is 5.32 Å². The van der Waals surface area contributed by atoms with Crippen LogP contribution in [0.1, 0.15) is 18.1 Å². The molecule has 0 bridgehead atoms. The third kappa shape index (κ3) is 6.05. The van der Waals surface area contributed by atoms with Gasteiger partial charge in [0.25, 0.3) is 0 Å². The van der Waals surface area contributed by atoms with Crippen molar-refractivity contribution in [2.45, 2.75) is 25.3 Å². The molecule has 1 atom stereocenters. The maximum absolute atomic E-state index is 12.9. The van der Waals surface area contributed by atoms with Crippen molar-refractivity contribution in [3.05, 3.63) is 68.7 Å². The number of nitrogens with one attached hydrogen (secondary N) is 1. The van der Waals surface area contributed by atoms with E-state index in [9.17, 15) is 9.59 Å². The number of carbonyl (C=O) groups excluding carboxylic acids is 2. The fraction of sp³-hybridized carbons (Fsp3) is 0.300. The molecule has 2 aromatic rings. The normalized spacial score (nSPS) is 11.8. The predicted octanol–water partition coefficient (Wildman–Crippen LogP) is 5.04. The minimum absolute atomic E-state index is 0.151. The van der Waals surface area contributed by atoms with E-state index in [1.54, 1.807) is 25.1 Å². The Morgan fingerprint density at radius 2 is 1.64 bits per heavy atom. The number of rotatable bonds is 8. The quantitative estimate of drug-likeness (QED) is 0.601.